The minimum Gasteiger partial charge on any atom is -0.494 e. The third-order valence-electron chi connectivity index (χ3n) is 4.20. The molecule has 0 saturated heterocycles. The Kier molecular flexibility index (Phi) is 6.48. The van der Waals surface area contributed by atoms with Crippen LogP contribution in [0.2, 0.25) is 0 Å². The van der Waals surface area contributed by atoms with Crippen molar-refractivity contribution in [2.45, 2.75) is 13.0 Å². The summed E-state index contributed by atoms with van der Waals surface area (Å²) in [5.74, 6) is 1.36. The van der Waals surface area contributed by atoms with Gasteiger partial charge in [0.15, 0.2) is 11.5 Å². The molecule has 0 spiro atoms. The van der Waals surface area contributed by atoms with Crippen LogP contribution in [0.1, 0.15) is 6.92 Å². The lowest BCUT2D eigenvalue weighted by Crippen LogP contribution is -2.45. The van der Waals surface area contributed by atoms with E-state index in [4.69, 9.17) is 14.2 Å². The normalized spacial score (nSPS) is 15.4. The third-order valence-corrected chi connectivity index (χ3v) is 5.34. The number of anilines is 1. The number of ether oxygens (including phenoxy) is 3. The van der Waals surface area contributed by atoms with Gasteiger partial charge in [0.05, 0.1) is 25.1 Å². The standard InChI is InChI=1S/C20H24N2O6S/c1-3-26-16-8-6-7-15(11-16)22(29(2,24)25)13-20(23)21-12-17-14-27-18-9-4-5-10-19(18)28-17/h4-11,17H,3,12-14H2,1-2H3,(H,21,23). The van der Waals surface area contributed by atoms with Crippen LogP contribution in [-0.4, -0.2) is 53.0 Å². The number of fused-ring (bicyclic) bond motifs is 1. The lowest BCUT2D eigenvalue weighted by atomic mass is 10.2. The smallest absolute Gasteiger partial charge is 0.240 e. The zero-order chi connectivity index (χ0) is 20.9. The van der Waals surface area contributed by atoms with E-state index in [-0.39, 0.29) is 19.2 Å². The van der Waals surface area contributed by atoms with Gasteiger partial charge in [-0.1, -0.05) is 18.2 Å². The molecule has 3 rings (SSSR count). The molecule has 0 fully saturated rings. The van der Waals surface area contributed by atoms with Gasteiger partial charge in [-0.25, -0.2) is 8.42 Å². The Morgan fingerprint density at radius 1 is 1.21 bits per heavy atom. The van der Waals surface area contributed by atoms with E-state index < -0.39 is 15.9 Å². The van der Waals surface area contributed by atoms with E-state index >= 15 is 0 Å². The van der Waals surface area contributed by atoms with E-state index in [2.05, 4.69) is 5.32 Å². The average molecular weight is 420 g/mol. The first kappa shape index (κ1) is 20.8. The molecule has 1 N–H and O–H groups in total. The van der Waals surface area contributed by atoms with Crippen LogP contribution in [0.3, 0.4) is 0 Å². The number of para-hydroxylation sites is 2. The fourth-order valence-electron chi connectivity index (χ4n) is 2.87. The summed E-state index contributed by atoms with van der Waals surface area (Å²) in [5, 5.41) is 2.71. The average Bonchev–Trinajstić information content (AvgIpc) is 2.70. The van der Waals surface area contributed by atoms with Gasteiger partial charge in [-0.05, 0) is 31.2 Å². The molecule has 0 bridgehead atoms. The van der Waals surface area contributed by atoms with Crippen molar-refractivity contribution in [1.29, 1.82) is 0 Å². The number of nitrogens with one attached hydrogen (secondary N) is 1. The fourth-order valence-corrected chi connectivity index (χ4v) is 3.72. The first-order chi connectivity index (χ1) is 13.9. The highest BCUT2D eigenvalue weighted by Gasteiger charge is 2.24. The number of amides is 1. The van der Waals surface area contributed by atoms with Crippen LogP contribution in [0, 0.1) is 0 Å². The van der Waals surface area contributed by atoms with Crippen molar-refractivity contribution in [3.63, 3.8) is 0 Å². The summed E-state index contributed by atoms with van der Waals surface area (Å²) in [6.07, 6.45) is 0.699. The molecule has 156 valence electrons. The summed E-state index contributed by atoms with van der Waals surface area (Å²) in [6.45, 7) is 2.44. The van der Waals surface area contributed by atoms with Gasteiger partial charge in [0, 0.05) is 6.07 Å². The number of carbonyl (C=O) groups excluding carboxylic acids is 1. The summed E-state index contributed by atoms with van der Waals surface area (Å²) in [5.41, 5.74) is 0.361. The van der Waals surface area contributed by atoms with E-state index in [1.807, 2.05) is 25.1 Å². The van der Waals surface area contributed by atoms with Gasteiger partial charge < -0.3 is 19.5 Å². The second kappa shape index (κ2) is 9.04. The Morgan fingerprint density at radius 2 is 1.97 bits per heavy atom. The van der Waals surface area contributed by atoms with Crippen molar-refractivity contribution in [2.75, 3.05) is 36.9 Å². The van der Waals surface area contributed by atoms with Gasteiger partial charge >= 0.3 is 0 Å². The maximum absolute atomic E-state index is 12.4. The van der Waals surface area contributed by atoms with Crippen LogP contribution in [0.25, 0.3) is 0 Å². The number of hydrogen-bond donors (Lipinski definition) is 1. The first-order valence-corrected chi connectivity index (χ1v) is 11.1. The fraction of sp³-hybridized carbons (Fsp3) is 0.350. The topological polar surface area (TPSA) is 94.2 Å². The van der Waals surface area contributed by atoms with Gasteiger partial charge in [0.2, 0.25) is 15.9 Å². The van der Waals surface area contributed by atoms with E-state index in [9.17, 15) is 13.2 Å². The van der Waals surface area contributed by atoms with E-state index in [0.717, 1.165) is 10.6 Å². The first-order valence-electron chi connectivity index (χ1n) is 9.22. The zero-order valence-electron chi connectivity index (χ0n) is 16.3. The third kappa shape index (κ3) is 5.54. The van der Waals surface area contributed by atoms with Crippen molar-refractivity contribution >= 4 is 21.6 Å². The number of carbonyl (C=O) groups is 1. The lowest BCUT2D eigenvalue weighted by molar-refractivity contribution is -0.120. The predicted octanol–water partition coefficient (Wildman–Crippen LogP) is 1.81. The molecule has 0 aliphatic carbocycles. The van der Waals surface area contributed by atoms with Crippen LogP contribution in [0.4, 0.5) is 5.69 Å². The highest BCUT2D eigenvalue weighted by Crippen LogP contribution is 2.30. The number of rotatable bonds is 8. The molecule has 2 aromatic rings. The van der Waals surface area contributed by atoms with Crippen molar-refractivity contribution in [1.82, 2.24) is 5.32 Å². The Morgan fingerprint density at radius 3 is 2.69 bits per heavy atom. The van der Waals surface area contributed by atoms with Crippen molar-refractivity contribution in [3.05, 3.63) is 48.5 Å². The molecule has 0 aromatic heterocycles. The van der Waals surface area contributed by atoms with Gasteiger partial charge in [-0.15, -0.1) is 0 Å². The summed E-state index contributed by atoms with van der Waals surface area (Å²) in [6, 6.07) is 13.9. The maximum Gasteiger partial charge on any atom is 0.240 e. The highest BCUT2D eigenvalue weighted by atomic mass is 32.2. The van der Waals surface area contributed by atoms with E-state index in [0.29, 0.717) is 36.1 Å². The summed E-state index contributed by atoms with van der Waals surface area (Å²) in [7, 11) is -3.67. The Hall–Kier alpha value is -2.94. The summed E-state index contributed by atoms with van der Waals surface area (Å²) >= 11 is 0. The largest absolute Gasteiger partial charge is 0.494 e. The van der Waals surface area contributed by atoms with E-state index in [1.165, 1.54) is 0 Å². The summed E-state index contributed by atoms with van der Waals surface area (Å²) in [4.78, 5) is 12.4. The van der Waals surface area contributed by atoms with Crippen molar-refractivity contribution < 1.29 is 27.4 Å². The van der Waals surface area contributed by atoms with Crippen LogP contribution >= 0.6 is 0 Å². The van der Waals surface area contributed by atoms with Gasteiger partial charge in [0.1, 0.15) is 25.0 Å². The lowest BCUT2D eigenvalue weighted by Gasteiger charge is -2.27. The minimum absolute atomic E-state index is 0.198. The maximum atomic E-state index is 12.4. The second-order valence-corrected chi connectivity index (χ2v) is 8.41. The predicted molar refractivity (Wildman–Crippen MR) is 109 cm³/mol. The number of hydrogen-bond acceptors (Lipinski definition) is 6. The quantitative estimate of drug-likeness (QED) is 0.700. The molecule has 29 heavy (non-hydrogen) atoms. The Bertz CT molecular complexity index is 963. The highest BCUT2D eigenvalue weighted by molar-refractivity contribution is 7.92. The molecule has 1 aliphatic heterocycles. The second-order valence-electron chi connectivity index (χ2n) is 6.50. The number of nitrogens with zero attached hydrogens (tertiary/aromatic N) is 1. The molecule has 9 heteroatoms. The van der Waals surface area contributed by atoms with E-state index in [1.54, 1.807) is 30.3 Å². The molecule has 1 heterocycles. The number of benzene rings is 2. The number of sulfonamides is 1. The molecule has 8 nitrogen and oxygen atoms in total. The Balaban J connectivity index is 1.62. The molecule has 1 aliphatic rings. The van der Waals surface area contributed by atoms with Crippen LogP contribution in [-0.2, 0) is 14.8 Å². The molecule has 0 radical (unpaired) electrons. The zero-order valence-corrected chi connectivity index (χ0v) is 17.1. The Labute approximate surface area is 170 Å². The van der Waals surface area contributed by atoms with Crippen molar-refractivity contribution in [2.24, 2.45) is 0 Å². The molecular formula is C20H24N2O6S. The van der Waals surface area contributed by atoms with Crippen LogP contribution in [0.5, 0.6) is 17.2 Å². The molecule has 1 atom stereocenters. The van der Waals surface area contributed by atoms with Gasteiger partial charge in [-0.3, -0.25) is 9.10 Å². The van der Waals surface area contributed by atoms with Gasteiger partial charge in [0.25, 0.3) is 0 Å². The molecule has 1 amide bonds. The molecule has 2 aromatic carbocycles. The van der Waals surface area contributed by atoms with Crippen LogP contribution < -0.4 is 23.8 Å². The molecule has 0 saturated carbocycles. The van der Waals surface area contributed by atoms with Gasteiger partial charge in [-0.2, -0.15) is 0 Å². The minimum atomic E-state index is -3.67. The summed E-state index contributed by atoms with van der Waals surface area (Å²) < 4.78 is 42.3. The molecule has 1 unspecified atom stereocenters. The monoisotopic (exact) mass is 420 g/mol. The SMILES string of the molecule is CCOc1cccc(N(CC(=O)NCC2COc3ccccc3O2)S(C)(=O)=O)c1. The van der Waals surface area contributed by atoms with Crippen molar-refractivity contribution in [3.8, 4) is 17.2 Å². The molecular weight excluding hydrogens is 396 g/mol. The van der Waals surface area contributed by atoms with Crippen LogP contribution in [0.15, 0.2) is 48.5 Å².